The van der Waals surface area contributed by atoms with E-state index in [-0.39, 0.29) is 12.1 Å². The molecular weight excluding hydrogens is 372 g/mol. The predicted octanol–water partition coefficient (Wildman–Crippen LogP) is 2.39. The summed E-state index contributed by atoms with van der Waals surface area (Å²) < 4.78 is 16.1. The SMILES string of the molecule is CN=C(NCc1cccc(OCCCOC)c1)NC1CN(C(=O)OC(C)(C)C)C1. The number of nitrogens with one attached hydrogen (secondary N) is 2. The lowest BCUT2D eigenvalue weighted by molar-refractivity contribution is 0.00701. The Hall–Kier alpha value is -2.48. The maximum absolute atomic E-state index is 12.0. The summed E-state index contributed by atoms with van der Waals surface area (Å²) in [4.78, 5) is 17.9. The van der Waals surface area contributed by atoms with Gasteiger partial charge in [0.1, 0.15) is 11.4 Å². The fraction of sp³-hybridized carbons (Fsp3) is 0.619. The van der Waals surface area contributed by atoms with Crippen LogP contribution in [0.25, 0.3) is 0 Å². The van der Waals surface area contributed by atoms with Crippen LogP contribution in [0, 0.1) is 0 Å². The van der Waals surface area contributed by atoms with Crippen LogP contribution in [0.2, 0.25) is 0 Å². The van der Waals surface area contributed by atoms with Gasteiger partial charge in [-0.2, -0.15) is 0 Å². The Bertz CT molecular complexity index is 682. The van der Waals surface area contributed by atoms with Gasteiger partial charge in [-0.3, -0.25) is 4.99 Å². The maximum Gasteiger partial charge on any atom is 0.410 e. The Morgan fingerprint density at radius 3 is 2.69 bits per heavy atom. The summed E-state index contributed by atoms with van der Waals surface area (Å²) in [5, 5.41) is 6.63. The van der Waals surface area contributed by atoms with Crippen LogP contribution in [0.1, 0.15) is 32.8 Å². The molecule has 2 rings (SSSR count). The number of guanidine groups is 1. The molecule has 0 spiro atoms. The molecule has 29 heavy (non-hydrogen) atoms. The van der Waals surface area contributed by atoms with Gasteiger partial charge < -0.3 is 29.7 Å². The molecule has 0 bridgehead atoms. The zero-order valence-corrected chi connectivity index (χ0v) is 18.2. The van der Waals surface area contributed by atoms with Crippen molar-refractivity contribution in [3.8, 4) is 5.75 Å². The van der Waals surface area contributed by atoms with Crippen LogP contribution in [-0.2, 0) is 16.0 Å². The van der Waals surface area contributed by atoms with Gasteiger partial charge in [-0.15, -0.1) is 0 Å². The molecule has 1 heterocycles. The summed E-state index contributed by atoms with van der Waals surface area (Å²) >= 11 is 0. The van der Waals surface area contributed by atoms with E-state index >= 15 is 0 Å². The predicted molar refractivity (Wildman–Crippen MR) is 113 cm³/mol. The monoisotopic (exact) mass is 406 g/mol. The Morgan fingerprint density at radius 2 is 2.03 bits per heavy atom. The second-order valence-corrected chi connectivity index (χ2v) is 7.99. The lowest BCUT2D eigenvalue weighted by Crippen LogP contribution is -2.63. The number of aliphatic imine (C=N–C) groups is 1. The zero-order chi connectivity index (χ0) is 21.3. The van der Waals surface area contributed by atoms with E-state index in [1.807, 2.05) is 45.0 Å². The van der Waals surface area contributed by atoms with E-state index in [1.165, 1.54) is 0 Å². The van der Waals surface area contributed by atoms with Crippen molar-refractivity contribution in [3.63, 3.8) is 0 Å². The number of benzene rings is 1. The highest BCUT2D eigenvalue weighted by Gasteiger charge is 2.34. The molecule has 0 radical (unpaired) electrons. The van der Waals surface area contributed by atoms with Crippen molar-refractivity contribution in [2.24, 2.45) is 4.99 Å². The van der Waals surface area contributed by atoms with Gasteiger partial charge in [0.05, 0.1) is 12.6 Å². The molecule has 0 aromatic heterocycles. The summed E-state index contributed by atoms with van der Waals surface area (Å²) in [5.41, 5.74) is 0.621. The van der Waals surface area contributed by atoms with Gasteiger partial charge in [0.2, 0.25) is 0 Å². The van der Waals surface area contributed by atoms with E-state index < -0.39 is 5.60 Å². The number of carbonyl (C=O) groups is 1. The fourth-order valence-corrected chi connectivity index (χ4v) is 2.76. The van der Waals surface area contributed by atoms with Crippen molar-refractivity contribution < 1.29 is 19.0 Å². The highest BCUT2D eigenvalue weighted by Crippen LogP contribution is 2.16. The average molecular weight is 407 g/mol. The maximum atomic E-state index is 12.0. The molecule has 162 valence electrons. The van der Waals surface area contributed by atoms with Crippen LogP contribution in [0.3, 0.4) is 0 Å². The lowest BCUT2D eigenvalue weighted by Gasteiger charge is -2.40. The topological polar surface area (TPSA) is 84.4 Å². The minimum Gasteiger partial charge on any atom is -0.493 e. The van der Waals surface area contributed by atoms with Gasteiger partial charge in [-0.25, -0.2) is 4.79 Å². The van der Waals surface area contributed by atoms with Gasteiger partial charge in [-0.05, 0) is 38.5 Å². The van der Waals surface area contributed by atoms with Gasteiger partial charge in [0.25, 0.3) is 0 Å². The smallest absolute Gasteiger partial charge is 0.410 e. The van der Waals surface area contributed by atoms with E-state index in [0.717, 1.165) is 17.7 Å². The summed E-state index contributed by atoms with van der Waals surface area (Å²) in [6, 6.07) is 8.13. The minimum atomic E-state index is -0.477. The molecule has 1 amide bonds. The molecular formula is C21H34N4O4. The van der Waals surface area contributed by atoms with E-state index in [1.54, 1.807) is 19.1 Å². The van der Waals surface area contributed by atoms with Crippen molar-refractivity contribution in [1.82, 2.24) is 15.5 Å². The molecule has 1 fully saturated rings. The molecule has 0 unspecified atom stereocenters. The third-order valence-electron chi connectivity index (χ3n) is 4.22. The number of likely N-dealkylation sites (tertiary alicyclic amines) is 1. The number of amides is 1. The number of rotatable bonds is 8. The standard InChI is InChI=1S/C21H34N4O4/c1-21(2,3)29-20(26)25-14-17(15-25)24-19(22-4)23-13-16-8-6-9-18(12-16)28-11-7-10-27-5/h6,8-9,12,17H,7,10-11,13-15H2,1-5H3,(H2,22,23,24). The first-order chi connectivity index (χ1) is 13.8. The highest BCUT2D eigenvalue weighted by atomic mass is 16.6. The average Bonchev–Trinajstić information content (AvgIpc) is 2.62. The van der Waals surface area contributed by atoms with Crippen molar-refractivity contribution >= 4 is 12.1 Å². The Labute approximate surface area is 173 Å². The quantitative estimate of drug-likeness (QED) is 0.392. The first-order valence-electron chi connectivity index (χ1n) is 9.96. The van der Waals surface area contributed by atoms with Gasteiger partial charge in [0.15, 0.2) is 5.96 Å². The largest absolute Gasteiger partial charge is 0.493 e. The molecule has 8 nitrogen and oxygen atoms in total. The van der Waals surface area contributed by atoms with Crippen LogP contribution in [0.5, 0.6) is 5.75 Å². The van der Waals surface area contributed by atoms with Crippen LogP contribution in [0.15, 0.2) is 29.3 Å². The fourth-order valence-electron chi connectivity index (χ4n) is 2.76. The normalized spacial score (nSPS) is 14.9. The summed E-state index contributed by atoms with van der Waals surface area (Å²) in [7, 11) is 3.42. The van der Waals surface area contributed by atoms with E-state index in [0.29, 0.717) is 38.8 Å². The zero-order valence-electron chi connectivity index (χ0n) is 18.2. The van der Waals surface area contributed by atoms with Crippen molar-refractivity contribution in [2.45, 2.75) is 45.4 Å². The second kappa shape index (κ2) is 10.9. The molecule has 1 aromatic carbocycles. The lowest BCUT2D eigenvalue weighted by atomic mass is 10.1. The minimum absolute atomic E-state index is 0.157. The van der Waals surface area contributed by atoms with Gasteiger partial charge in [0, 0.05) is 46.8 Å². The molecule has 1 aliphatic rings. The Balaban J connectivity index is 1.73. The number of hydrogen-bond acceptors (Lipinski definition) is 5. The van der Waals surface area contributed by atoms with Crippen LogP contribution >= 0.6 is 0 Å². The summed E-state index contributed by atoms with van der Waals surface area (Å²) in [6.45, 7) is 8.74. The number of carbonyl (C=O) groups excluding carboxylic acids is 1. The summed E-state index contributed by atoms with van der Waals surface area (Å²) in [5.74, 6) is 1.54. The Kier molecular flexibility index (Phi) is 8.57. The van der Waals surface area contributed by atoms with Crippen LogP contribution in [-0.4, -0.2) is 69.1 Å². The molecule has 2 N–H and O–H groups in total. The molecule has 0 aliphatic carbocycles. The van der Waals surface area contributed by atoms with Crippen molar-refractivity contribution in [3.05, 3.63) is 29.8 Å². The Morgan fingerprint density at radius 1 is 1.28 bits per heavy atom. The number of methoxy groups -OCH3 is 1. The van der Waals surface area contributed by atoms with E-state index in [2.05, 4.69) is 15.6 Å². The molecule has 0 saturated carbocycles. The molecule has 1 aliphatic heterocycles. The second-order valence-electron chi connectivity index (χ2n) is 7.99. The molecule has 1 aromatic rings. The van der Waals surface area contributed by atoms with E-state index in [4.69, 9.17) is 14.2 Å². The van der Waals surface area contributed by atoms with E-state index in [9.17, 15) is 4.79 Å². The van der Waals surface area contributed by atoms with Gasteiger partial charge >= 0.3 is 6.09 Å². The molecule has 8 heteroatoms. The molecule has 1 saturated heterocycles. The number of ether oxygens (including phenoxy) is 3. The summed E-state index contributed by atoms with van der Waals surface area (Å²) in [6.07, 6.45) is 0.581. The third-order valence-corrected chi connectivity index (χ3v) is 4.22. The van der Waals surface area contributed by atoms with Crippen LogP contribution < -0.4 is 15.4 Å². The number of nitrogens with zero attached hydrogens (tertiary/aromatic N) is 2. The van der Waals surface area contributed by atoms with Gasteiger partial charge in [-0.1, -0.05) is 12.1 Å². The highest BCUT2D eigenvalue weighted by molar-refractivity contribution is 5.80. The first-order valence-corrected chi connectivity index (χ1v) is 9.96. The third kappa shape index (κ3) is 8.19. The van der Waals surface area contributed by atoms with Crippen molar-refractivity contribution in [2.75, 3.05) is 40.5 Å². The van der Waals surface area contributed by atoms with Crippen LogP contribution in [0.4, 0.5) is 4.79 Å². The van der Waals surface area contributed by atoms with Crippen molar-refractivity contribution in [1.29, 1.82) is 0 Å². The first kappa shape index (κ1) is 22.8. The molecule has 0 atom stereocenters. The number of hydrogen-bond donors (Lipinski definition) is 2.